The molecule has 0 radical (unpaired) electrons. The zero-order chi connectivity index (χ0) is 29.3. The van der Waals surface area contributed by atoms with E-state index in [-0.39, 0.29) is 17.7 Å². The van der Waals surface area contributed by atoms with Gasteiger partial charge in [0.05, 0.1) is 48.2 Å². The van der Waals surface area contributed by atoms with Crippen LogP contribution in [0, 0.1) is 0 Å². The van der Waals surface area contributed by atoms with Crippen molar-refractivity contribution in [2.24, 2.45) is 4.99 Å². The highest BCUT2D eigenvalue weighted by molar-refractivity contribution is 7.07. The summed E-state index contributed by atoms with van der Waals surface area (Å²) in [5, 5.41) is 0.421. The molecule has 0 N–H and O–H groups in total. The van der Waals surface area contributed by atoms with Crippen LogP contribution in [-0.2, 0) is 14.3 Å². The van der Waals surface area contributed by atoms with Gasteiger partial charge in [0, 0.05) is 16.7 Å². The fourth-order valence-corrected chi connectivity index (χ4v) is 5.80. The van der Waals surface area contributed by atoms with Gasteiger partial charge in [0.2, 0.25) is 0 Å². The van der Waals surface area contributed by atoms with Gasteiger partial charge in [0.25, 0.3) is 5.56 Å². The maximum atomic E-state index is 13.8. The molecule has 0 unspecified atom stereocenters. The molecule has 4 aromatic rings. The number of esters is 2. The summed E-state index contributed by atoms with van der Waals surface area (Å²) in [6, 6.07) is 14.5. The number of fused-ring (bicyclic) bond motifs is 1. The largest absolute Gasteiger partial charge is 0.497 e. The number of benzene rings is 2. The first-order valence-corrected chi connectivity index (χ1v) is 13.8. The van der Waals surface area contributed by atoms with Gasteiger partial charge in [-0.15, -0.1) is 0 Å². The molecule has 0 spiro atoms. The molecule has 9 nitrogen and oxygen atoms in total. The lowest BCUT2D eigenvalue weighted by molar-refractivity contribution is -0.139. The standard InChI is InChI=1S/C30H25ClN2O7S/c1-5-39-29(36)25-16(2)32-30-33(26(25)17-6-9-19(37-3)10-7-17)27(34)24(41-30)15-20-11-13-23(40-20)22-14-18(31)8-12-21(22)28(35)38-4/h6-15,26H,5H2,1-4H3/b24-15+/t26-/m0/s1. The Labute approximate surface area is 243 Å². The van der Waals surface area contributed by atoms with E-state index in [0.717, 1.165) is 0 Å². The smallest absolute Gasteiger partial charge is 0.338 e. The summed E-state index contributed by atoms with van der Waals surface area (Å²) in [6.45, 7) is 3.63. The first-order valence-electron chi connectivity index (χ1n) is 12.6. The Kier molecular flexibility index (Phi) is 7.96. The minimum atomic E-state index is -0.750. The molecule has 1 atom stereocenters. The normalized spacial score (nSPS) is 14.9. The molecule has 0 aliphatic carbocycles. The first kappa shape index (κ1) is 28.1. The average molecular weight is 593 g/mol. The highest BCUT2D eigenvalue weighted by Gasteiger charge is 2.33. The van der Waals surface area contributed by atoms with Gasteiger partial charge >= 0.3 is 11.9 Å². The molecule has 41 heavy (non-hydrogen) atoms. The molecular weight excluding hydrogens is 568 g/mol. The van der Waals surface area contributed by atoms with Crippen LogP contribution in [0.5, 0.6) is 5.75 Å². The predicted molar refractivity (Wildman–Crippen MR) is 154 cm³/mol. The van der Waals surface area contributed by atoms with Crippen LogP contribution in [0.15, 0.2) is 80.1 Å². The number of halogens is 1. The van der Waals surface area contributed by atoms with E-state index in [4.69, 9.17) is 30.2 Å². The fourth-order valence-electron chi connectivity index (χ4n) is 4.61. The van der Waals surface area contributed by atoms with Crippen molar-refractivity contribution in [3.05, 3.63) is 107 Å². The van der Waals surface area contributed by atoms with Crippen molar-refractivity contribution >= 4 is 41.0 Å². The Morgan fingerprint density at radius 3 is 2.54 bits per heavy atom. The molecule has 0 saturated carbocycles. The Hall–Kier alpha value is -4.41. The molecule has 0 saturated heterocycles. The second kappa shape index (κ2) is 11.6. The lowest BCUT2D eigenvalue weighted by atomic mass is 9.96. The Balaban J connectivity index is 1.63. The van der Waals surface area contributed by atoms with Crippen LogP contribution < -0.4 is 19.6 Å². The number of thiazole rings is 1. The highest BCUT2D eigenvalue weighted by Crippen LogP contribution is 2.32. The minimum Gasteiger partial charge on any atom is -0.497 e. The number of methoxy groups -OCH3 is 2. The topological polar surface area (TPSA) is 109 Å². The number of aromatic nitrogens is 1. The molecule has 2 aromatic carbocycles. The van der Waals surface area contributed by atoms with Crippen LogP contribution >= 0.6 is 22.9 Å². The summed E-state index contributed by atoms with van der Waals surface area (Å²) in [4.78, 5) is 44.2. The summed E-state index contributed by atoms with van der Waals surface area (Å²) in [6.07, 6.45) is 1.60. The van der Waals surface area contributed by atoms with Crippen LogP contribution in [0.2, 0.25) is 5.02 Å². The summed E-state index contributed by atoms with van der Waals surface area (Å²) < 4.78 is 23.4. The molecule has 0 fully saturated rings. The molecule has 210 valence electrons. The highest BCUT2D eigenvalue weighted by atomic mass is 35.5. The molecule has 2 aromatic heterocycles. The molecular formula is C30H25ClN2O7S. The molecule has 0 bridgehead atoms. The van der Waals surface area contributed by atoms with Crippen LogP contribution in [0.3, 0.4) is 0 Å². The average Bonchev–Trinajstić information content (AvgIpc) is 3.56. The lowest BCUT2D eigenvalue weighted by Gasteiger charge is -2.24. The summed E-state index contributed by atoms with van der Waals surface area (Å²) >= 11 is 7.35. The van der Waals surface area contributed by atoms with Gasteiger partial charge in [-0.2, -0.15) is 0 Å². The van der Waals surface area contributed by atoms with Crippen molar-refractivity contribution in [1.29, 1.82) is 0 Å². The minimum absolute atomic E-state index is 0.181. The number of allylic oxidation sites excluding steroid dienone is 1. The summed E-state index contributed by atoms with van der Waals surface area (Å²) in [5.41, 5.74) is 1.85. The van der Waals surface area contributed by atoms with Crippen LogP contribution in [-0.4, -0.2) is 37.3 Å². The van der Waals surface area contributed by atoms with E-state index < -0.39 is 18.0 Å². The Morgan fingerprint density at radius 1 is 1.10 bits per heavy atom. The zero-order valence-electron chi connectivity index (χ0n) is 22.6. The quantitative estimate of drug-likeness (QED) is 0.291. The van der Waals surface area contributed by atoms with Gasteiger partial charge in [-0.25, -0.2) is 14.6 Å². The van der Waals surface area contributed by atoms with Gasteiger partial charge in [0.1, 0.15) is 17.3 Å². The van der Waals surface area contributed by atoms with E-state index in [0.29, 0.717) is 54.0 Å². The molecule has 5 rings (SSSR count). The van der Waals surface area contributed by atoms with Gasteiger partial charge in [-0.1, -0.05) is 35.1 Å². The van der Waals surface area contributed by atoms with Gasteiger partial charge in [-0.05, 0) is 61.9 Å². The third-order valence-corrected chi connectivity index (χ3v) is 7.72. The number of hydrogen-bond donors (Lipinski definition) is 0. The van der Waals surface area contributed by atoms with Crippen molar-refractivity contribution in [3.63, 3.8) is 0 Å². The van der Waals surface area contributed by atoms with Crippen molar-refractivity contribution < 1.29 is 28.2 Å². The molecule has 1 aliphatic heterocycles. The van der Waals surface area contributed by atoms with E-state index in [1.54, 1.807) is 81.6 Å². The van der Waals surface area contributed by atoms with E-state index in [1.165, 1.54) is 23.0 Å². The van der Waals surface area contributed by atoms with Gasteiger partial charge < -0.3 is 18.6 Å². The number of rotatable bonds is 7. The fraction of sp³-hybridized carbons (Fsp3) is 0.200. The maximum Gasteiger partial charge on any atom is 0.338 e. The number of carbonyl (C=O) groups excluding carboxylic acids is 2. The monoisotopic (exact) mass is 592 g/mol. The number of carbonyl (C=O) groups is 2. The van der Waals surface area contributed by atoms with Crippen molar-refractivity contribution in [1.82, 2.24) is 4.57 Å². The van der Waals surface area contributed by atoms with Crippen molar-refractivity contribution in [2.45, 2.75) is 19.9 Å². The van der Waals surface area contributed by atoms with E-state index in [1.807, 2.05) is 0 Å². The SMILES string of the molecule is CCOC(=O)C1=C(C)N=c2s/c(=C/c3ccc(-c4cc(Cl)ccc4C(=O)OC)o3)c(=O)n2[C@H]1c1ccc(OC)cc1. The van der Waals surface area contributed by atoms with Gasteiger partial charge in [0.15, 0.2) is 4.80 Å². The maximum absolute atomic E-state index is 13.8. The van der Waals surface area contributed by atoms with Crippen LogP contribution in [0.1, 0.15) is 41.6 Å². The third kappa shape index (κ3) is 5.36. The van der Waals surface area contributed by atoms with Crippen molar-refractivity contribution in [2.75, 3.05) is 20.8 Å². The predicted octanol–water partition coefficient (Wildman–Crippen LogP) is 4.51. The second-order valence-electron chi connectivity index (χ2n) is 8.96. The first-order chi connectivity index (χ1) is 19.7. The molecule has 11 heteroatoms. The number of hydrogen-bond acceptors (Lipinski definition) is 9. The van der Waals surface area contributed by atoms with Crippen LogP contribution in [0.4, 0.5) is 0 Å². The summed E-state index contributed by atoms with van der Waals surface area (Å²) in [7, 11) is 2.86. The lowest BCUT2D eigenvalue weighted by Crippen LogP contribution is -2.39. The number of furan rings is 1. The zero-order valence-corrected chi connectivity index (χ0v) is 24.2. The van der Waals surface area contributed by atoms with E-state index in [9.17, 15) is 14.4 Å². The number of ether oxygens (including phenoxy) is 3. The molecule has 3 heterocycles. The Morgan fingerprint density at radius 2 is 1.85 bits per heavy atom. The second-order valence-corrected chi connectivity index (χ2v) is 10.4. The van der Waals surface area contributed by atoms with E-state index >= 15 is 0 Å². The number of nitrogens with zero attached hydrogens (tertiary/aromatic N) is 2. The molecule has 0 amide bonds. The third-order valence-electron chi connectivity index (χ3n) is 6.50. The van der Waals surface area contributed by atoms with Crippen LogP contribution in [0.25, 0.3) is 17.4 Å². The van der Waals surface area contributed by atoms with E-state index in [2.05, 4.69) is 4.99 Å². The van der Waals surface area contributed by atoms with Crippen molar-refractivity contribution in [3.8, 4) is 17.1 Å². The van der Waals surface area contributed by atoms with Gasteiger partial charge in [-0.3, -0.25) is 9.36 Å². The summed E-state index contributed by atoms with van der Waals surface area (Å²) in [5.74, 6) is 0.326. The molecule has 1 aliphatic rings. The Bertz CT molecular complexity index is 1870.